The Bertz CT molecular complexity index is 969. The summed E-state index contributed by atoms with van der Waals surface area (Å²) in [5.74, 6) is 0. The van der Waals surface area contributed by atoms with Crippen LogP contribution in [0, 0.1) is 40.5 Å². The molecule has 0 bridgehead atoms. The molecule has 136 valence electrons. The molecule has 0 aliphatic rings. The van der Waals surface area contributed by atoms with Gasteiger partial charge in [0.25, 0.3) is 0 Å². The summed E-state index contributed by atoms with van der Waals surface area (Å²) in [7, 11) is 0. The summed E-state index contributed by atoms with van der Waals surface area (Å²) in [4.78, 5) is 40.2. The average molecular weight is 368 g/mol. The van der Waals surface area contributed by atoms with E-state index in [1.807, 2.05) is 0 Å². The number of hydrogen-bond donors (Lipinski definition) is 4. The zero-order valence-corrected chi connectivity index (χ0v) is 12.4. The number of fused-ring (bicyclic) bond motifs is 1. The Balaban J connectivity index is 3.43. The van der Waals surface area contributed by atoms with E-state index in [1.54, 1.807) is 0 Å². The molecule has 0 aliphatic heterocycles. The minimum absolute atomic E-state index is 0.829. The van der Waals surface area contributed by atoms with E-state index in [1.165, 1.54) is 0 Å². The molecular weight excluding hydrogens is 360 g/mol. The predicted octanol–water partition coefficient (Wildman–Crippen LogP) is 0.801. The van der Waals surface area contributed by atoms with Crippen molar-refractivity contribution >= 4 is 56.3 Å². The number of hydrogen-bond acceptors (Lipinski definition) is 12. The Morgan fingerprint density at radius 3 is 0.962 bits per heavy atom. The van der Waals surface area contributed by atoms with Gasteiger partial charge in [0, 0.05) is 0 Å². The largest absolute Gasteiger partial charge is 0.393 e. The summed E-state index contributed by atoms with van der Waals surface area (Å²) in [5, 5.41) is 43.3. The highest BCUT2D eigenvalue weighted by Gasteiger charge is 2.41. The van der Waals surface area contributed by atoms with Crippen molar-refractivity contribution in [3.05, 3.63) is 40.5 Å². The molecule has 16 nitrogen and oxygen atoms in total. The molecular formula is C10H8N8O8. The Kier molecular flexibility index (Phi) is 3.81. The Morgan fingerprint density at radius 1 is 0.462 bits per heavy atom. The maximum Gasteiger partial charge on any atom is 0.322 e. The second kappa shape index (κ2) is 5.54. The summed E-state index contributed by atoms with van der Waals surface area (Å²) < 4.78 is 0. The lowest BCUT2D eigenvalue weighted by atomic mass is 9.97. The minimum atomic E-state index is -1.26. The second-order valence-electron chi connectivity index (χ2n) is 4.83. The monoisotopic (exact) mass is 368 g/mol. The quantitative estimate of drug-likeness (QED) is 0.331. The number of nitrogen functional groups attached to an aromatic ring is 4. The van der Waals surface area contributed by atoms with Crippen LogP contribution >= 0.6 is 0 Å². The molecule has 2 aromatic rings. The maximum atomic E-state index is 11.4. The molecule has 2 aromatic carbocycles. The second-order valence-corrected chi connectivity index (χ2v) is 4.83. The van der Waals surface area contributed by atoms with Gasteiger partial charge in [0.05, 0.1) is 25.1 Å². The fourth-order valence-electron chi connectivity index (χ4n) is 2.56. The van der Waals surface area contributed by atoms with Crippen LogP contribution < -0.4 is 22.9 Å². The molecule has 26 heavy (non-hydrogen) atoms. The van der Waals surface area contributed by atoms with Gasteiger partial charge in [-0.15, -0.1) is 0 Å². The summed E-state index contributed by atoms with van der Waals surface area (Å²) in [6.45, 7) is 0. The number of benzene rings is 2. The van der Waals surface area contributed by atoms with Crippen LogP contribution in [-0.2, 0) is 0 Å². The molecule has 0 heterocycles. The summed E-state index contributed by atoms with van der Waals surface area (Å²) in [6, 6.07) is 0. The van der Waals surface area contributed by atoms with E-state index in [4.69, 9.17) is 22.9 Å². The number of nitrogens with two attached hydrogens (primary N) is 4. The van der Waals surface area contributed by atoms with Crippen molar-refractivity contribution in [2.24, 2.45) is 0 Å². The van der Waals surface area contributed by atoms with E-state index in [0.717, 1.165) is 0 Å². The molecule has 0 aromatic heterocycles. The fraction of sp³-hybridized carbons (Fsp3) is 0. The first-order valence-corrected chi connectivity index (χ1v) is 6.26. The van der Waals surface area contributed by atoms with Gasteiger partial charge in [-0.3, -0.25) is 40.5 Å². The van der Waals surface area contributed by atoms with Crippen molar-refractivity contribution in [2.75, 3.05) is 22.9 Å². The Morgan fingerprint density at radius 2 is 0.731 bits per heavy atom. The van der Waals surface area contributed by atoms with Crippen LogP contribution in [0.15, 0.2) is 0 Å². The van der Waals surface area contributed by atoms with Crippen LogP contribution in [0.4, 0.5) is 45.5 Å². The lowest BCUT2D eigenvalue weighted by Crippen LogP contribution is -2.11. The first-order chi connectivity index (χ1) is 11.9. The number of nitrogens with zero attached hydrogens (tertiary/aromatic N) is 4. The summed E-state index contributed by atoms with van der Waals surface area (Å²) in [5.41, 5.74) is 13.1. The standard InChI is InChI=1S/C10H8N8O8/c11-3-1-2(7(15(19)20)5(13)9(3)17(23)24)8(16(21)22)6(14)10(4(1)12)18(25)26/h11-14H2. The Hall–Kier alpha value is -4.50. The van der Waals surface area contributed by atoms with Crippen LogP contribution in [0.5, 0.6) is 0 Å². The summed E-state index contributed by atoms with van der Waals surface area (Å²) in [6.07, 6.45) is 0. The zero-order valence-electron chi connectivity index (χ0n) is 12.4. The molecule has 0 radical (unpaired) electrons. The van der Waals surface area contributed by atoms with Gasteiger partial charge < -0.3 is 22.9 Å². The lowest BCUT2D eigenvalue weighted by Gasteiger charge is -2.12. The van der Waals surface area contributed by atoms with Crippen molar-refractivity contribution in [3.8, 4) is 0 Å². The predicted molar refractivity (Wildman–Crippen MR) is 88.2 cm³/mol. The van der Waals surface area contributed by atoms with Crippen LogP contribution in [0.25, 0.3) is 10.8 Å². The first-order valence-electron chi connectivity index (χ1n) is 6.26. The number of anilines is 4. The highest BCUT2D eigenvalue weighted by atomic mass is 16.6. The molecule has 16 heteroatoms. The van der Waals surface area contributed by atoms with Gasteiger partial charge in [-0.1, -0.05) is 0 Å². The molecule has 8 N–H and O–H groups in total. The lowest BCUT2D eigenvalue weighted by molar-refractivity contribution is -0.395. The molecule has 0 fully saturated rings. The smallest absolute Gasteiger partial charge is 0.322 e. The van der Waals surface area contributed by atoms with Crippen molar-refractivity contribution in [1.82, 2.24) is 0 Å². The normalized spacial score (nSPS) is 10.6. The number of nitro benzene ring substituents is 4. The van der Waals surface area contributed by atoms with Crippen molar-refractivity contribution in [2.45, 2.75) is 0 Å². The molecule has 0 atom stereocenters. The summed E-state index contributed by atoms with van der Waals surface area (Å²) >= 11 is 0. The third-order valence-corrected chi connectivity index (χ3v) is 3.52. The highest BCUT2D eigenvalue weighted by Crippen LogP contribution is 2.54. The van der Waals surface area contributed by atoms with Crippen molar-refractivity contribution < 1.29 is 19.7 Å². The van der Waals surface area contributed by atoms with Crippen LogP contribution in [0.3, 0.4) is 0 Å². The van der Waals surface area contributed by atoms with Gasteiger partial charge in [0.2, 0.25) is 0 Å². The molecule has 0 saturated carbocycles. The van der Waals surface area contributed by atoms with E-state index in [-0.39, 0.29) is 0 Å². The minimum Gasteiger partial charge on any atom is -0.393 e. The van der Waals surface area contributed by atoms with Crippen LogP contribution in [0.1, 0.15) is 0 Å². The fourth-order valence-corrected chi connectivity index (χ4v) is 2.56. The highest BCUT2D eigenvalue weighted by molar-refractivity contribution is 6.21. The van der Waals surface area contributed by atoms with Gasteiger partial charge >= 0.3 is 22.7 Å². The Labute approximate surface area is 140 Å². The number of nitro groups is 4. The molecule has 0 amide bonds. The van der Waals surface area contributed by atoms with Crippen molar-refractivity contribution in [1.29, 1.82) is 0 Å². The van der Waals surface area contributed by atoms with E-state index >= 15 is 0 Å². The van der Waals surface area contributed by atoms with Crippen molar-refractivity contribution in [3.63, 3.8) is 0 Å². The molecule has 0 unspecified atom stereocenters. The first kappa shape index (κ1) is 17.8. The third kappa shape index (κ3) is 2.17. The van der Waals surface area contributed by atoms with Crippen LogP contribution in [0.2, 0.25) is 0 Å². The molecule has 0 spiro atoms. The molecule has 0 saturated heterocycles. The van der Waals surface area contributed by atoms with E-state index in [0.29, 0.717) is 0 Å². The topological polar surface area (TPSA) is 277 Å². The average Bonchev–Trinajstić information content (AvgIpc) is 2.44. The molecule has 2 rings (SSSR count). The third-order valence-electron chi connectivity index (χ3n) is 3.52. The van der Waals surface area contributed by atoms with E-state index in [2.05, 4.69) is 0 Å². The number of rotatable bonds is 4. The van der Waals surface area contributed by atoms with E-state index < -0.39 is 76.0 Å². The van der Waals surface area contributed by atoms with Gasteiger partial charge in [-0.05, 0) is 0 Å². The maximum absolute atomic E-state index is 11.4. The van der Waals surface area contributed by atoms with Crippen LogP contribution in [-0.4, -0.2) is 19.7 Å². The molecule has 0 aliphatic carbocycles. The SMILES string of the molecule is Nc1c([N+](=O)[O-])c(N)c2c(N)c([N+](=O)[O-])c(N)c([N+](=O)[O-])c2c1[N+](=O)[O-]. The van der Waals surface area contributed by atoms with E-state index in [9.17, 15) is 40.5 Å². The van der Waals surface area contributed by atoms with Gasteiger partial charge in [0.15, 0.2) is 11.4 Å². The van der Waals surface area contributed by atoms with Gasteiger partial charge in [0.1, 0.15) is 16.8 Å². The van der Waals surface area contributed by atoms with Gasteiger partial charge in [-0.25, -0.2) is 0 Å². The zero-order chi connectivity index (χ0) is 20.1. The van der Waals surface area contributed by atoms with Gasteiger partial charge in [-0.2, -0.15) is 0 Å².